The van der Waals surface area contributed by atoms with Crippen molar-refractivity contribution in [2.24, 2.45) is 0 Å². The highest BCUT2D eigenvalue weighted by atomic mass is 16.5. The Hall–Kier alpha value is -2.43. The van der Waals surface area contributed by atoms with E-state index in [0.717, 1.165) is 44.2 Å². The first-order chi connectivity index (χ1) is 11.9. The molecule has 0 bridgehead atoms. The van der Waals surface area contributed by atoms with Gasteiger partial charge in [0.1, 0.15) is 5.82 Å². The van der Waals surface area contributed by atoms with Crippen molar-refractivity contribution in [2.75, 3.05) is 26.3 Å². The van der Waals surface area contributed by atoms with Gasteiger partial charge in [0, 0.05) is 43.8 Å². The van der Waals surface area contributed by atoms with Crippen LogP contribution >= 0.6 is 0 Å². The Balaban J connectivity index is 1.52. The van der Waals surface area contributed by atoms with Gasteiger partial charge in [-0.05, 0) is 41.5 Å². The maximum absolute atomic E-state index is 5.42. The van der Waals surface area contributed by atoms with Crippen molar-refractivity contribution in [1.82, 2.24) is 14.5 Å². The second kappa shape index (κ2) is 6.99. The van der Waals surface area contributed by atoms with E-state index in [1.54, 1.807) is 0 Å². The minimum atomic E-state index is 0.838. The predicted molar refractivity (Wildman–Crippen MR) is 95.1 cm³/mol. The highest BCUT2D eigenvalue weighted by Gasteiger charge is 2.11. The number of hydrogen-bond acceptors (Lipinski definition) is 3. The maximum atomic E-state index is 5.42. The van der Waals surface area contributed by atoms with E-state index < -0.39 is 0 Å². The number of benzene rings is 1. The number of hydrogen-bond donors (Lipinski definition) is 0. The van der Waals surface area contributed by atoms with Crippen LogP contribution in [-0.4, -0.2) is 40.8 Å². The van der Waals surface area contributed by atoms with E-state index in [9.17, 15) is 0 Å². The van der Waals surface area contributed by atoms with Gasteiger partial charge in [-0.15, -0.1) is 0 Å². The molecule has 3 aromatic rings. The van der Waals surface area contributed by atoms with Crippen LogP contribution < -0.4 is 0 Å². The predicted octanol–water partition coefficient (Wildman–Crippen LogP) is 3.37. The normalized spacial score (nSPS) is 15.5. The van der Waals surface area contributed by atoms with Crippen LogP contribution in [0.2, 0.25) is 0 Å². The molecular weight excluding hydrogens is 298 g/mol. The van der Waals surface area contributed by atoms with Crippen LogP contribution in [-0.2, 0) is 11.3 Å². The van der Waals surface area contributed by atoms with Gasteiger partial charge >= 0.3 is 0 Å². The second-order valence-electron chi connectivity index (χ2n) is 6.08. The first-order valence-electron chi connectivity index (χ1n) is 8.37. The Kier molecular flexibility index (Phi) is 4.40. The molecule has 0 radical (unpaired) electrons. The smallest absolute Gasteiger partial charge is 0.136 e. The highest BCUT2D eigenvalue weighted by molar-refractivity contribution is 5.63. The molecule has 1 fully saturated rings. The summed E-state index contributed by atoms with van der Waals surface area (Å²) < 4.78 is 7.43. The van der Waals surface area contributed by atoms with E-state index in [2.05, 4.69) is 46.3 Å². The summed E-state index contributed by atoms with van der Waals surface area (Å²) in [6, 6.07) is 16.9. The van der Waals surface area contributed by atoms with Gasteiger partial charge < -0.3 is 9.30 Å². The van der Waals surface area contributed by atoms with Crippen molar-refractivity contribution >= 4 is 0 Å². The van der Waals surface area contributed by atoms with Crippen molar-refractivity contribution in [3.8, 4) is 16.9 Å². The molecule has 0 amide bonds. The van der Waals surface area contributed by atoms with Gasteiger partial charge in [-0.3, -0.25) is 4.90 Å². The summed E-state index contributed by atoms with van der Waals surface area (Å²) >= 11 is 0. The summed E-state index contributed by atoms with van der Waals surface area (Å²) in [7, 11) is 0. The van der Waals surface area contributed by atoms with Gasteiger partial charge in [0.15, 0.2) is 0 Å². The summed E-state index contributed by atoms with van der Waals surface area (Å²) in [5, 5.41) is 0. The first-order valence-corrected chi connectivity index (χ1v) is 8.37. The molecular formula is C20H21N3O. The Bertz CT molecular complexity index is 775. The molecule has 1 aliphatic rings. The number of aromatic nitrogens is 2. The lowest BCUT2D eigenvalue weighted by atomic mass is 10.0. The van der Waals surface area contributed by atoms with Gasteiger partial charge in [-0.1, -0.05) is 18.2 Å². The zero-order valence-corrected chi connectivity index (χ0v) is 13.6. The number of nitrogens with zero attached hydrogens (tertiary/aromatic N) is 3. The third-order valence-corrected chi connectivity index (χ3v) is 4.39. The fourth-order valence-electron chi connectivity index (χ4n) is 3.06. The monoisotopic (exact) mass is 319 g/mol. The largest absolute Gasteiger partial charge is 0.379 e. The number of ether oxygens (including phenoxy) is 1. The molecule has 1 saturated heterocycles. The second-order valence-corrected chi connectivity index (χ2v) is 6.08. The molecule has 122 valence electrons. The molecule has 4 nitrogen and oxygen atoms in total. The molecule has 0 aliphatic carbocycles. The molecule has 0 N–H and O–H groups in total. The number of rotatable bonds is 4. The van der Waals surface area contributed by atoms with Crippen LogP contribution in [0, 0.1) is 0 Å². The van der Waals surface area contributed by atoms with Crippen LogP contribution in [0.4, 0.5) is 0 Å². The van der Waals surface area contributed by atoms with Crippen molar-refractivity contribution in [1.29, 1.82) is 0 Å². The molecule has 0 spiro atoms. The van der Waals surface area contributed by atoms with E-state index in [0.29, 0.717) is 0 Å². The van der Waals surface area contributed by atoms with Crippen molar-refractivity contribution in [3.63, 3.8) is 0 Å². The average Bonchev–Trinajstić information content (AvgIpc) is 3.18. The van der Waals surface area contributed by atoms with Crippen molar-refractivity contribution in [2.45, 2.75) is 6.54 Å². The fraction of sp³-hybridized carbons (Fsp3) is 0.250. The van der Waals surface area contributed by atoms with Gasteiger partial charge in [0.05, 0.1) is 13.2 Å². The minimum Gasteiger partial charge on any atom is -0.379 e. The van der Waals surface area contributed by atoms with Crippen molar-refractivity contribution < 1.29 is 4.74 Å². The lowest BCUT2D eigenvalue weighted by Gasteiger charge is -2.26. The lowest BCUT2D eigenvalue weighted by Crippen LogP contribution is -2.35. The Morgan fingerprint density at radius 2 is 1.75 bits per heavy atom. The third-order valence-electron chi connectivity index (χ3n) is 4.39. The summed E-state index contributed by atoms with van der Waals surface area (Å²) in [4.78, 5) is 7.02. The zero-order valence-electron chi connectivity index (χ0n) is 13.6. The topological polar surface area (TPSA) is 30.3 Å². The van der Waals surface area contributed by atoms with Gasteiger partial charge in [-0.2, -0.15) is 0 Å². The van der Waals surface area contributed by atoms with E-state index in [1.807, 2.05) is 35.3 Å². The highest BCUT2D eigenvalue weighted by Crippen LogP contribution is 2.21. The van der Waals surface area contributed by atoms with Gasteiger partial charge in [0.2, 0.25) is 0 Å². The Labute approximate surface area is 142 Å². The molecule has 1 aliphatic heterocycles. The van der Waals surface area contributed by atoms with E-state index in [1.165, 1.54) is 11.1 Å². The molecule has 1 aromatic carbocycles. The van der Waals surface area contributed by atoms with E-state index >= 15 is 0 Å². The van der Waals surface area contributed by atoms with Gasteiger partial charge in [-0.25, -0.2) is 4.98 Å². The zero-order chi connectivity index (χ0) is 16.2. The van der Waals surface area contributed by atoms with Crippen LogP contribution in [0.25, 0.3) is 16.9 Å². The third kappa shape index (κ3) is 3.40. The van der Waals surface area contributed by atoms with Crippen LogP contribution in [0.1, 0.15) is 5.56 Å². The Morgan fingerprint density at radius 1 is 0.917 bits per heavy atom. The number of pyridine rings is 1. The summed E-state index contributed by atoms with van der Waals surface area (Å²) in [5.41, 5.74) is 3.70. The summed E-state index contributed by atoms with van der Waals surface area (Å²) in [6.45, 7) is 4.68. The summed E-state index contributed by atoms with van der Waals surface area (Å²) in [6.07, 6.45) is 5.96. The first kappa shape index (κ1) is 15.1. The standard InChI is InChI=1S/C20H21N3O/c1-2-9-23(8-1)20-7-6-19(15-21-20)18-5-3-4-17(14-18)16-22-10-12-24-13-11-22/h1-9,14-15H,10-13,16H2. The van der Waals surface area contributed by atoms with Crippen LogP contribution in [0.5, 0.6) is 0 Å². The quantitative estimate of drug-likeness (QED) is 0.738. The molecule has 0 atom stereocenters. The van der Waals surface area contributed by atoms with E-state index in [-0.39, 0.29) is 0 Å². The number of morpholine rings is 1. The molecule has 3 heterocycles. The molecule has 24 heavy (non-hydrogen) atoms. The summed E-state index contributed by atoms with van der Waals surface area (Å²) in [5.74, 6) is 0.938. The SMILES string of the molecule is c1cc(CN2CCOCC2)cc(-c2ccc(-n3cccc3)nc2)c1. The fourth-order valence-corrected chi connectivity index (χ4v) is 3.06. The molecule has 0 saturated carbocycles. The molecule has 0 unspecified atom stereocenters. The van der Waals surface area contributed by atoms with Gasteiger partial charge in [0.25, 0.3) is 0 Å². The minimum absolute atomic E-state index is 0.838. The van der Waals surface area contributed by atoms with Crippen LogP contribution in [0.15, 0.2) is 67.1 Å². The lowest BCUT2D eigenvalue weighted by molar-refractivity contribution is 0.0342. The van der Waals surface area contributed by atoms with E-state index in [4.69, 9.17) is 4.74 Å². The molecule has 4 heteroatoms. The van der Waals surface area contributed by atoms with Crippen molar-refractivity contribution in [3.05, 3.63) is 72.7 Å². The average molecular weight is 319 g/mol. The maximum Gasteiger partial charge on any atom is 0.136 e. The van der Waals surface area contributed by atoms with Crippen LogP contribution in [0.3, 0.4) is 0 Å². The molecule has 2 aromatic heterocycles. The molecule has 4 rings (SSSR count). The Morgan fingerprint density at radius 3 is 2.50 bits per heavy atom.